The molecular formula is C21H27N3O5S. The van der Waals surface area contributed by atoms with E-state index in [2.05, 4.69) is 10.6 Å². The topological polar surface area (TPSA) is 109 Å². The number of sulfonamides is 1. The number of rotatable bonds is 8. The molecule has 1 aliphatic rings. The Morgan fingerprint density at radius 2 is 1.83 bits per heavy atom. The summed E-state index contributed by atoms with van der Waals surface area (Å²) >= 11 is 0. The zero-order valence-electron chi connectivity index (χ0n) is 16.9. The van der Waals surface area contributed by atoms with Gasteiger partial charge in [-0.1, -0.05) is 30.3 Å². The van der Waals surface area contributed by atoms with Gasteiger partial charge in [-0.05, 0) is 36.5 Å². The lowest BCUT2D eigenvalue weighted by Gasteiger charge is -2.30. The molecule has 1 fully saturated rings. The van der Waals surface area contributed by atoms with Crippen molar-refractivity contribution in [1.82, 2.24) is 14.9 Å². The Labute approximate surface area is 176 Å². The van der Waals surface area contributed by atoms with Crippen molar-refractivity contribution in [2.75, 3.05) is 25.9 Å². The van der Waals surface area contributed by atoms with Crippen LogP contribution in [0.5, 0.6) is 0 Å². The molecule has 1 aromatic carbocycles. The first-order chi connectivity index (χ1) is 14.3. The van der Waals surface area contributed by atoms with Crippen LogP contribution in [-0.4, -0.2) is 56.5 Å². The lowest BCUT2D eigenvalue weighted by atomic mass is 9.98. The Bertz CT molecular complexity index is 936. The van der Waals surface area contributed by atoms with Crippen LogP contribution >= 0.6 is 0 Å². The van der Waals surface area contributed by atoms with Gasteiger partial charge in [0.1, 0.15) is 6.04 Å². The van der Waals surface area contributed by atoms with Gasteiger partial charge in [0, 0.05) is 26.1 Å². The molecular weight excluding hydrogens is 406 g/mol. The first-order valence-corrected chi connectivity index (χ1v) is 11.8. The Morgan fingerprint density at radius 3 is 2.43 bits per heavy atom. The zero-order valence-corrected chi connectivity index (χ0v) is 17.7. The smallest absolute Gasteiger partial charge is 0.287 e. The van der Waals surface area contributed by atoms with Crippen molar-refractivity contribution in [2.24, 2.45) is 5.92 Å². The molecule has 30 heavy (non-hydrogen) atoms. The summed E-state index contributed by atoms with van der Waals surface area (Å²) in [5, 5.41) is 5.67. The molecule has 8 nitrogen and oxygen atoms in total. The summed E-state index contributed by atoms with van der Waals surface area (Å²) in [7, 11) is -3.17. The molecule has 0 aliphatic carbocycles. The van der Waals surface area contributed by atoms with Gasteiger partial charge in [-0.25, -0.2) is 12.7 Å². The average Bonchev–Trinajstić information content (AvgIpc) is 3.27. The van der Waals surface area contributed by atoms with Gasteiger partial charge in [0.25, 0.3) is 5.91 Å². The quantitative estimate of drug-likeness (QED) is 0.654. The maximum atomic E-state index is 12.9. The minimum Gasteiger partial charge on any atom is -0.459 e. The second-order valence-corrected chi connectivity index (χ2v) is 9.53. The predicted octanol–water partition coefficient (Wildman–Crippen LogP) is 1.41. The number of carbonyl (C=O) groups excluding carboxylic acids is 2. The molecule has 0 radical (unpaired) electrons. The molecule has 0 spiro atoms. The summed E-state index contributed by atoms with van der Waals surface area (Å²) in [4.78, 5) is 25.3. The molecule has 1 aliphatic heterocycles. The minimum atomic E-state index is -3.17. The second kappa shape index (κ2) is 9.90. The number of nitrogens with zero attached hydrogens (tertiary/aromatic N) is 1. The molecule has 2 amide bonds. The van der Waals surface area contributed by atoms with Gasteiger partial charge >= 0.3 is 0 Å². The van der Waals surface area contributed by atoms with Crippen LogP contribution < -0.4 is 10.6 Å². The summed E-state index contributed by atoms with van der Waals surface area (Å²) in [6.07, 6.45) is 4.35. The Morgan fingerprint density at radius 1 is 1.13 bits per heavy atom. The predicted molar refractivity (Wildman–Crippen MR) is 112 cm³/mol. The van der Waals surface area contributed by atoms with Crippen LogP contribution in [0.3, 0.4) is 0 Å². The van der Waals surface area contributed by atoms with E-state index >= 15 is 0 Å². The fraction of sp³-hybridized carbons (Fsp3) is 0.429. The molecule has 2 N–H and O–H groups in total. The van der Waals surface area contributed by atoms with Gasteiger partial charge in [0.05, 0.1) is 12.5 Å². The lowest BCUT2D eigenvalue weighted by Crippen LogP contribution is -2.49. The van der Waals surface area contributed by atoms with Crippen molar-refractivity contribution >= 4 is 21.8 Å². The van der Waals surface area contributed by atoms with Crippen molar-refractivity contribution in [2.45, 2.75) is 25.3 Å². The van der Waals surface area contributed by atoms with Crippen LogP contribution in [0.1, 0.15) is 29.0 Å². The van der Waals surface area contributed by atoms with Crippen molar-refractivity contribution in [3.63, 3.8) is 0 Å². The molecule has 9 heteroatoms. The van der Waals surface area contributed by atoms with Crippen LogP contribution in [0, 0.1) is 5.92 Å². The average molecular weight is 434 g/mol. The highest BCUT2D eigenvalue weighted by Crippen LogP contribution is 2.18. The highest BCUT2D eigenvalue weighted by molar-refractivity contribution is 7.88. The van der Waals surface area contributed by atoms with E-state index in [9.17, 15) is 18.0 Å². The molecule has 2 aromatic rings. The Balaban J connectivity index is 1.58. The van der Waals surface area contributed by atoms with Crippen LogP contribution in [0.2, 0.25) is 0 Å². The standard InChI is InChI=1S/C21H27N3O5S/c1-30(27,28)24-11-9-17(10-12-24)15-22-20(25)18(14-16-6-3-2-4-7-16)23-21(26)19-8-5-13-29-19/h2-8,13,17-18H,9-12,14-15H2,1H3,(H,22,25)(H,23,26)/t18-/m0/s1. The van der Waals surface area contributed by atoms with Gasteiger partial charge in [0.15, 0.2) is 5.76 Å². The molecule has 0 unspecified atom stereocenters. The maximum Gasteiger partial charge on any atom is 0.287 e. The molecule has 3 rings (SSSR count). The molecule has 2 heterocycles. The van der Waals surface area contributed by atoms with E-state index in [-0.39, 0.29) is 17.6 Å². The monoisotopic (exact) mass is 433 g/mol. The van der Waals surface area contributed by atoms with E-state index in [0.29, 0.717) is 38.9 Å². The zero-order chi connectivity index (χ0) is 21.6. The molecule has 0 bridgehead atoms. The number of amides is 2. The van der Waals surface area contributed by atoms with Crippen molar-refractivity contribution in [1.29, 1.82) is 0 Å². The van der Waals surface area contributed by atoms with Crippen LogP contribution in [0.4, 0.5) is 0 Å². The number of furan rings is 1. The number of carbonyl (C=O) groups is 2. The number of piperidine rings is 1. The van der Waals surface area contributed by atoms with Gasteiger partial charge in [-0.2, -0.15) is 0 Å². The van der Waals surface area contributed by atoms with E-state index in [4.69, 9.17) is 4.42 Å². The van der Waals surface area contributed by atoms with Crippen molar-refractivity contribution < 1.29 is 22.4 Å². The fourth-order valence-electron chi connectivity index (χ4n) is 3.51. The van der Waals surface area contributed by atoms with E-state index in [1.807, 2.05) is 30.3 Å². The van der Waals surface area contributed by atoms with Crippen LogP contribution in [0.25, 0.3) is 0 Å². The third kappa shape index (κ3) is 6.17. The summed E-state index contributed by atoms with van der Waals surface area (Å²) in [5.74, 6) is -0.374. The number of benzene rings is 1. The molecule has 1 aromatic heterocycles. The third-order valence-corrected chi connectivity index (χ3v) is 6.56. The van der Waals surface area contributed by atoms with Crippen LogP contribution in [-0.2, 0) is 21.2 Å². The van der Waals surface area contributed by atoms with Gasteiger partial charge in [0.2, 0.25) is 15.9 Å². The van der Waals surface area contributed by atoms with Crippen molar-refractivity contribution in [3.05, 3.63) is 60.1 Å². The number of nitrogens with one attached hydrogen (secondary N) is 2. The first-order valence-electron chi connectivity index (χ1n) is 9.94. The SMILES string of the molecule is CS(=O)(=O)N1CCC(CNC(=O)[C@H](Cc2ccccc2)NC(=O)c2ccco2)CC1. The Hall–Kier alpha value is -2.65. The van der Waals surface area contributed by atoms with Gasteiger partial charge in [-0.3, -0.25) is 9.59 Å². The van der Waals surface area contributed by atoms with Gasteiger partial charge < -0.3 is 15.1 Å². The first kappa shape index (κ1) is 22.0. The second-order valence-electron chi connectivity index (χ2n) is 7.54. The normalized spacial score (nSPS) is 16.7. The summed E-state index contributed by atoms with van der Waals surface area (Å²) in [6, 6.07) is 11.9. The number of hydrogen-bond donors (Lipinski definition) is 2. The summed E-state index contributed by atoms with van der Waals surface area (Å²) in [5.41, 5.74) is 0.929. The van der Waals surface area contributed by atoms with Crippen LogP contribution in [0.15, 0.2) is 53.1 Å². The molecule has 1 saturated heterocycles. The summed E-state index contributed by atoms with van der Waals surface area (Å²) < 4.78 is 29.8. The fourth-order valence-corrected chi connectivity index (χ4v) is 4.38. The lowest BCUT2D eigenvalue weighted by molar-refractivity contribution is -0.123. The molecule has 1 atom stereocenters. The molecule has 162 valence electrons. The van der Waals surface area contributed by atoms with E-state index < -0.39 is 22.0 Å². The van der Waals surface area contributed by atoms with Gasteiger partial charge in [-0.15, -0.1) is 0 Å². The minimum absolute atomic E-state index is 0.147. The third-order valence-electron chi connectivity index (χ3n) is 5.26. The van der Waals surface area contributed by atoms with E-state index in [0.717, 1.165) is 5.56 Å². The maximum absolute atomic E-state index is 12.9. The van der Waals surface area contributed by atoms with E-state index in [1.165, 1.54) is 16.8 Å². The van der Waals surface area contributed by atoms with E-state index in [1.54, 1.807) is 12.1 Å². The number of hydrogen-bond acceptors (Lipinski definition) is 5. The highest BCUT2D eigenvalue weighted by atomic mass is 32.2. The largest absolute Gasteiger partial charge is 0.459 e. The molecule has 0 saturated carbocycles. The summed E-state index contributed by atoms with van der Waals surface area (Å²) in [6.45, 7) is 1.36. The van der Waals surface area contributed by atoms with Crippen molar-refractivity contribution in [3.8, 4) is 0 Å². The Kier molecular flexibility index (Phi) is 7.28. The highest BCUT2D eigenvalue weighted by Gasteiger charge is 2.27.